The van der Waals surface area contributed by atoms with E-state index in [2.05, 4.69) is 0 Å². The molecule has 6 unspecified atom stereocenters. The molecule has 3 aromatic rings. The third-order valence-corrected chi connectivity index (χ3v) is 11.2. The van der Waals surface area contributed by atoms with Gasteiger partial charge in [-0.2, -0.15) is 0 Å². The van der Waals surface area contributed by atoms with Crippen LogP contribution < -0.4 is 9.80 Å². The summed E-state index contributed by atoms with van der Waals surface area (Å²) in [6.07, 6.45) is 3.36. The third kappa shape index (κ3) is 4.15. The maximum atomic E-state index is 14.6. The lowest BCUT2D eigenvalue weighted by Gasteiger charge is -2.49. The molecule has 3 aromatic carbocycles. The minimum atomic E-state index is -1.26. The highest BCUT2D eigenvalue weighted by Gasteiger charge is 2.67. The van der Waals surface area contributed by atoms with E-state index in [0.29, 0.717) is 23.2 Å². The molecular weight excluding hydrogens is 607 g/mol. The maximum absolute atomic E-state index is 14.6. The first-order chi connectivity index (χ1) is 21.9. The molecule has 0 aromatic heterocycles. The highest BCUT2D eigenvalue weighted by molar-refractivity contribution is 6.32. The summed E-state index contributed by atoms with van der Waals surface area (Å²) in [7, 11) is 0. The molecule has 0 bridgehead atoms. The van der Waals surface area contributed by atoms with E-state index < -0.39 is 52.6 Å². The van der Waals surface area contributed by atoms with Crippen LogP contribution >= 0.6 is 11.6 Å². The van der Waals surface area contributed by atoms with Gasteiger partial charge in [-0.05, 0) is 98.5 Å². The molecule has 2 aliphatic heterocycles. The van der Waals surface area contributed by atoms with E-state index in [4.69, 9.17) is 11.6 Å². The molecule has 0 radical (unpaired) electrons. The smallest absolute Gasteiger partial charge is 0.241 e. The van der Waals surface area contributed by atoms with Crippen LogP contribution in [0.5, 0.6) is 5.75 Å². The van der Waals surface area contributed by atoms with E-state index in [-0.39, 0.29) is 34.7 Å². The first kappa shape index (κ1) is 30.4. The Labute approximate surface area is 271 Å². The number of allylic oxidation sites excluding steroid dienone is 2. The number of anilines is 2. The number of nitrogens with zero attached hydrogens (tertiary/aromatic N) is 2. The molecular formula is C37H34ClFN2O5. The van der Waals surface area contributed by atoms with Gasteiger partial charge in [0, 0.05) is 5.92 Å². The Morgan fingerprint density at radius 2 is 1.54 bits per heavy atom. The Hall–Kier alpha value is -4.30. The van der Waals surface area contributed by atoms with Crippen molar-refractivity contribution in [3.8, 4) is 5.75 Å². The molecule has 6 atom stereocenters. The number of phenols is 1. The average Bonchev–Trinajstić information content (AvgIpc) is 3.40. The van der Waals surface area contributed by atoms with Gasteiger partial charge >= 0.3 is 0 Å². The second-order valence-corrected chi connectivity index (χ2v) is 13.7. The molecule has 2 heterocycles. The number of rotatable bonds is 4. The molecule has 0 spiro atoms. The number of amides is 4. The predicted octanol–water partition coefficient (Wildman–Crippen LogP) is 6.80. The summed E-state index contributed by atoms with van der Waals surface area (Å²) in [6, 6.07) is 14.9. The van der Waals surface area contributed by atoms with Crippen LogP contribution in [0.25, 0.3) is 0 Å². The number of carbonyl (C=O) groups is 4. The van der Waals surface area contributed by atoms with Gasteiger partial charge in [-0.1, -0.05) is 54.4 Å². The fourth-order valence-electron chi connectivity index (χ4n) is 8.56. The fraction of sp³-hybridized carbons (Fsp3) is 0.351. The molecule has 7 nitrogen and oxygen atoms in total. The number of aryl methyl sites for hydroxylation is 3. The van der Waals surface area contributed by atoms with Gasteiger partial charge in [0.2, 0.25) is 23.6 Å². The number of benzene rings is 3. The van der Waals surface area contributed by atoms with Crippen LogP contribution in [0.1, 0.15) is 54.9 Å². The second kappa shape index (κ2) is 10.6. The van der Waals surface area contributed by atoms with Gasteiger partial charge in [0.1, 0.15) is 11.6 Å². The number of hydrogen-bond acceptors (Lipinski definition) is 5. The van der Waals surface area contributed by atoms with Gasteiger partial charge in [-0.3, -0.25) is 24.1 Å². The van der Waals surface area contributed by atoms with Gasteiger partial charge < -0.3 is 5.11 Å². The SMILES string of the molecule is CCc1ccc(N2C(=O)C3CC=C4C(CC5C(=O)N(c6ccc(F)c(Cl)c6)C(=O)C5(C)C4c4cc(C)c(O)c(C)c4)C3C2=O)cc1. The Balaban J connectivity index is 1.37. The lowest BCUT2D eigenvalue weighted by Crippen LogP contribution is -2.49. The van der Waals surface area contributed by atoms with Crippen LogP contribution in [-0.4, -0.2) is 28.7 Å². The zero-order valence-corrected chi connectivity index (χ0v) is 26.8. The Morgan fingerprint density at radius 1 is 0.891 bits per heavy atom. The van der Waals surface area contributed by atoms with E-state index in [0.717, 1.165) is 34.1 Å². The van der Waals surface area contributed by atoms with Crippen LogP contribution in [0, 0.1) is 48.8 Å². The second-order valence-electron chi connectivity index (χ2n) is 13.3. The quantitative estimate of drug-likeness (QED) is 0.250. The molecule has 1 N–H and O–H groups in total. The van der Waals surface area contributed by atoms with E-state index in [1.807, 2.05) is 37.3 Å². The molecule has 4 amide bonds. The number of imide groups is 2. The molecule has 1 saturated carbocycles. The van der Waals surface area contributed by atoms with Gasteiger partial charge in [-0.25, -0.2) is 9.29 Å². The maximum Gasteiger partial charge on any atom is 0.241 e. The summed E-state index contributed by atoms with van der Waals surface area (Å²) >= 11 is 6.09. The third-order valence-electron chi connectivity index (χ3n) is 10.9. The van der Waals surface area contributed by atoms with Crippen molar-refractivity contribution in [2.24, 2.45) is 29.1 Å². The van der Waals surface area contributed by atoms with Crippen LogP contribution in [-0.2, 0) is 25.6 Å². The molecule has 2 saturated heterocycles. The number of aromatic hydroxyl groups is 1. The van der Waals surface area contributed by atoms with E-state index in [1.165, 1.54) is 17.0 Å². The molecule has 3 fully saturated rings. The number of halogens is 2. The Kier molecular flexibility index (Phi) is 7.01. The van der Waals surface area contributed by atoms with Crippen molar-refractivity contribution in [3.05, 3.63) is 99.3 Å². The zero-order valence-electron chi connectivity index (χ0n) is 26.0. The standard InChI is InChI=1S/C37H34ClFN2O5/c1-5-20-6-8-22(9-7-20)40-33(43)25-12-11-24-26(30(25)35(40)45)17-27-34(44)41(23-10-13-29(39)28(38)16-23)36(46)37(27,4)31(24)21-14-18(2)32(42)19(3)15-21/h6-11,13-16,25-27,30-31,42H,5,12,17H2,1-4H3. The number of carbonyl (C=O) groups excluding carboxylic acids is 4. The largest absolute Gasteiger partial charge is 0.507 e. The highest BCUT2D eigenvalue weighted by Crippen LogP contribution is 2.64. The summed E-state index contributed by atoms with van der Waals surface area (Å²) in [5.74, 6) is -5.15. The molecule has 9 heteroatoms. The van der Waals surface area contributed by atoms with E-state index in [9.17, 15) is 28.7 Å². The van der Waals surface area contributed by atoms with Crippen LogP contribution in [0.3, 0.4) is 0 Å². The minimum Gasteiger partial charge on any atom is -0.507 e. The van der Waals surface area contributed by atoms with E-state index >= 15 is 0 Å². The normalized spacial score (nSPS) is 28.7. The molecule has 7 rings (SSSR count). The summed E-state index contributed by atoms with van der Waals surface area (Å²) in [6.45, 7) is 7.39. The summed E-state index contributed by atoms with van der Waals surface area (Å²) in [5, 5.41) is 10.4. The van der Waals surface area contributed by atoms with Crippen LogP contribution in [0.15, 0.2) is 66.2 Å². The van der Waals surface area contributed by atoms with Crippen molar-refractivity contribution >= 4 is 46.6 Å². The lowest BCUT2D eigenvalue weighted by molar-refractivity contribution is -0.131. The van der Waals surface area contributed by atoms with Crippen molar-refractivity contribution in [1.29, 1.82) is 0 Å². The molecule has 46 heavy (non-hydrogen) atoms. The summed E-state index contributed by atoms with van der Waals surface area (Å²) in [5.41, 5.74) is 3.39. The predicted molar refractivity (Wildman–Crippen MR) is 172 cm³/mol. The van der Waals surface area contributed by atoms with Crippen molar-refractivity contribution < 1.29 is 28.7 Å². The van der Waals surface area contributed by atoms with Crippen molar-refractivity contribution in [2.45, 2.75) is 52.9 Å². The average molecular weight is 641 g/mol. The van der Waals surface area contributed by atoms with Gasteiger partial charge in [-0.15, -0.1) is 0 Å². The van der Waals surface area contributed by atoms with Gasteiger partial charge in [0.05, 0.1) is 39.6 Å². The molecule has 2 aliphatic carbocycles. The topological polar surface area (TPSA) is 95.0 Å². The lowest BCUT2D eigenvalue weighted by atomic mass is 9.51. The van der Waals surface area contributed by atoms with Crippen molar-refractivity contribution in [3.63, 3.8) is 0 Å². The minimum absolute atomic E-state index is 0.146. The van der Waals surface area contributed by atoms with Crippen LogP contribution in [0.4, 0.5) is 15.8 Å². The van der Waals surface area contributed by atoms with Gasteiger partial charge in [0.15, 0.2) is 0 Å². The number of fused-ring (bicyclic) bond motifs is 4. The monoisotopic (exact) mass is 640 g/mol. The Morgan fingerprint density at radius 3 is 2.17 bits per heavy atom. The molecule has 236 valence electrons. The number of phenolic OH excluding ortho intramolecular Hbond substituents is 1. The molecule has 4 aliphatic rings. The number of hydrogen-bond donors (Lipinski definition) is 1. The zero-order chi connectivity index (χ0) is 32.8. The van der Waals surface area contributed by atoms with Crippen molar-refractivity contribution in [1.82, 2.24) is 0 Å². The van der Waals surface area contributed by atoms with Crippen molar-refractivity contribution in [2.75, 3.05) is 9.80 Å². The highest BCUT2D eigenvalue weighted by atomic mass is 35.5. The first-order valence-corrected chi connectivity index (χ1v) is 16.1. The fourth-order valence-corrected chi connectivity index (χ4v) is 8.73. The van der Waals surface area contributed by atoms with E-state index in [1.54, 1.807) is 32.9 Å². The van der Waals surface area contributed by atoms with Crippen LogP contribution in [0.2, 0.25) is 5.02 Å². The Bertz CT molecular complexity index is 1860. The summed E-state index contributed by atoms with van der Waals surface area (Å²) < 4.78 is 14.1. The first-order valence-electron chi connectivity index (χ1n) is 15.7. The summed E-state index contributed by atoms with van der Waals surface area (Å²) in [4.78, 5) is 59.4. The van der Waals surface area contributed by atoms with Gasteiger partial charge in [0.25, 0.3) is 0 Å².